The zero-order valence-electron chi connectivity index (χ0n) is 11.2. The van der Waals surface area contributed by atoms with Crippen molar-refractivity contribution in [3.05, 3.63) is 42.0 Å². The van der Waals surface area contributed by atoms with Crippen molar-refractivity contribution in [3.63, 3.8) is 0 Å². The molecule has 0 atom stereocenters. The molecule has 1 fully saturated rings. The molecule has 1 aliphatic rings. The number of hydrogen-bond acceptors (Lipinski definition) is 2. The van der Waals surface area contributed by atoms with Crippen LogP contribution in [-0.2, 0) is 6.54 Å². The van der Waals surface area contributed by atoms with Gasteiger partial charge in [0.2, 0.25) is 0 Å². The number of nitrogens with one attached hydrogen (secondary N) is 1. The molecule has 2 nitrogen and oxygen atoms in total. The molecule has 0 spiro atoms. The van der Waals surface area contributed by atoms with E-state index >= 15 is 0 Å². The predicted molar refractivity (Wildman–Crippen MR) is 79.3 cm³/mol. The summed E-state index contributed by atoms with van der Waals surface area (Å²) in [6.45, 7) is 0.762. The maximum absolute atomic E-state index is 10.1. The molecule has 0 aromatic heterocycles. The van der Waals surface area contributed by atoms with Crippen LogP contribution in [0.2, 0.25) is 0 Å². The van der Waals surface area contributed by atoms with Crippen LogP contribution in [0.3, 0.4) is 0 Å². The molecule has 2 aromatic rings. The normalized spacial score (nSPS) is 16.8. The smallest absolute Gasteiger partial charge is 0.120 e. The van der Waals surface area contributed by atoms with Gasteiger partial charge < -0.3 is 10.4 Å². The molecule has 2 heteroatoms. The second kappa shape index (κ2) is 5.62. The largest absolute Gasteiger partial charge is 0.508 e. The van der Waals surface area contributed by atoms with Gasteiger partial charge in [-0.15, -0.1) is 0 Å². The van der Waals surface area contributed by atoms with Gasteiger partial charge in [-0.3, -0.25) is 0 Å². The fraction of sp³-hybridized carbons (Fsp3) is 0.412. The van der Waals surface area contributed by atoms with E-state index in [-0.39, 0.29) is 0 Å². The van der Waals surface area contributed by atoms with E-state index in [0.717, 1.165) is 17.5 Å². The lowest BCUT2D eigenvalue weighted by molar-refractivity contribution is 0.369. The van der Waals surface area contributed by atoms with Gasteiger partial charge in [-0.1, -0.05) is 49.6 Å². The lowest BCUT2D eigenvalue weighted by Gasteiger charge is -2.23. The molecule has 0 unspecified atom stereocenters. The van der Waals surface area contributed by atoms with Gasteiger partial charge in [-0.25, -0.2) is 0 Å². The summed E-state index contributed by atoms with van der Waals surface area (Å²) in [6, 6.07) is 12.7. The van der Waals surface area contributed by atoms with Crippen LogP contribution in [0, 0.1) is 0 Å². The second-order valence-electron chi connectivity index (χ2n) is 5.50. The molecular formula is C17H21NO. The molecule has 0 heterocycles. The van der Waals surface area contributed by atoms with Gasteiger partial charge in [-0.2, -0.15) is 0 Å². The first-order valence-electron chi connectivity index (χ1n) is 7.27. The summed E-state index contributed by atoms with van der Waals surface area (Å²) in [5, 5.41) is 16.1. The van der Waals surface area contributed by atoms with Gasteiger partial charge >= 0.3 is 0 Å². The van der Waals surface area contributed by atoms with Crippen LogP contribution in [-0.4, -0.2) is 11.1 Å². The second-order valence-corrected chi connectivity index (χ2v) is 5.50. The minimum atomic E-state index is 0.405. The van der Waals surface area contributed by atoms with E-state index < -0.39 is 0 Å². The molecule has 3 rings (SSSR count). The molecular weight excluding hydrogens is 234 g/mol. The minimum absolute atomic E-state index is 0.405. The van der Waals surface area contributed by atoms with Gasteiger partial charge in [0.15, 0.2) is 0 Å². The molecule has 0 saturated heterocycles. The molecule has 0 aliphatic heterocycles. The minimum Gasteiger partial charge on any atom is -0.508 e. The summed E-state index contributed by atoms with van der Waals surface area (Å²) >= 11 is 0. The third kappa shape index (κ3) is 2.74. The Kier molecular flexibility index (Phi) is 3.69. The standard InChI is InChI=1S/C17H21NO/c19-17-11-10-13-6-4-5-9-15(13)16(17)12-18-14-7-2-1-3-8-14/h4-6,9-11,14,18-19H,1-3,7-8,12H2. The Morgan fingerprint density at radius 1 is 1.00 bits per heavy atom. The van der Waals surface area contributed by atoms with E-state index in [1.165, 1.54) is 37.5 Å². The van der Waals surface area contributed by atoms with E-state index in [1.807, 2.05) is 18.2 Å². The van der Waals surface area contributed by atoms with Crippen LogP contribution < -0.4 is 5.32 Å². The quantitative estimate of drug-likeness (QED) is 0.870. The molecule has 1 aliphatic carbocycles. The summed E-state index contributed by atoms with van der Waals surface area (Å²) < 4.78 is 0. The number of phenols is 1. The van der Waals surface area contributed by atoms with Crippen LogP contribution in [0.5, 0.6) is 5.75 Å². The van der Waals surface area contributed by atoms with Crippen LogP contribution in [0.4, 0.5) is 0 Å². The molecule has 1 saturated carbocycles. The molecule has 19 heavy (non-hydrogen) atoms. The Hall–Kier alpha value is -1.54. The van der Waals surface area contributed by atoms with Gasteiger partial charge in [-0.05, 0) is 29.7 Å². The van der Waals surface area contributed by atoms with Gasteiger partial charge in [0, 0.05) is 18.2 Å². The summed E-state index contributed by atoms with van der Waals surface area (Å²) in [7, 11) is 0. The Labute approximate surface area is 114 Å². The van der Waals surface area contributed by atoms with E-state index in [9.17, 15) is 5.11 Å². The van der Waals surface area contributed by atoms with Crippen LogP contribution in [0.15, 0.2) is 36.4 Å². The van der Waals surface area contributed by atoms with Crippen molar-refractivity contribution in [2.75, 3.05) is 0 Å². The first-order valence-corrected chi connectivity index (χ1v) is 7.27. The van der Waals surface area contributed by atoms with Crippen molar-refractivity contribution in [1.29, 1.82) is 0 Å². The molecule has 2 aromatic carbocycles. The van der Waals surface area contributed by atoms with Crippen LogP contribution in [0.1, 0.15) is 37.7 Å². The fourth-order valence-electron chi connectivity index (χ4n) is 3.06. The molecule has 2 N–H and O–H groups in total. The highest BCUT2D eigenvalue weighted by molar-refractivity contribution is 5.87. The number of fused-ring (bicyclic) bond motifs is 1. The number of hydrogen-bond donors (Lipinski definition) is 2. The lowest BCUT2D eigenvalue weighted by atomic mass is 9.95. The number of phenolic OH excluding ortho intramolecular Hbond substituents is 1. The Morgan fingerprint density at radius 2 is 1.79 bits per heavy atom. The molecule has 100 valence electrons. The van der Waals surface area contributed by atoms with E-state index in [4.69, 9.17) is 0 Å². The van der Waals surface area contributed by atoms with Crippen molar-refractivity contribution in [2.24, 2.45) is 0 Å². The van der Waals surface area contributed by atoms with Crippen molar-refractivity contribution in [3.8, 4) is 5.75 Å². The highest BCUT2D eigenvalue weighted by Gasteiger charge is 2.14. The number of rotatable bonds is 3. The number of benzene rings is 2. The first-order chi connectivity index (χ1) is 9.34. The Balaban J connectivity index is 1.81. The van der Waals surface area contributed by atoms with Crippen molar-refractivity contribution in [1.82, 2.24) is 5.32 Å². The Morgan fingerprint density at radius 3 is 2.63 bits per heavy atom. The molecule has 0 amide bonds. The highest BCUT2D eigenvalue weighted by Crippen LogP contribution is 2.27. The predicted octanol–water partition coefficient (Wildman–Crippen LogP) is 3.97. The fourth-order valence-corrected chi connectivity index (χ4v) is 3.06. The van der Waals surface area contributed by atoms with Crippen LogP contribution in [0.25, 0.3) is 10.8 Å². The SMILES string of the molecule is Oc1ccc2ccccc2c1CNC1CCCCC1. The monoisotopic (exact) mass is 255 g/mol. The first kappa shape index (κ1) is 12.5. The third-order valence-corrected chi connectivity index (χ3v) is 4.19. The molecule has 0 radical (unpaired) electrons. The summed E-state index contributed by atoms with van der Waals surface area (Å²) in [4.78, 5) is 0. The highest BCUT2D eigenvalue weighted by atomic mass is 16.3. The van der Waals surface area contributed by atoms with Gasteiger partial charge in [0.1, 0.15) is 5.75 Å². The maximum atomic E-state index is 10.1. The Bertz CT molecular complexity index is 558. The summed E-state index contributed by atoms with van der Waals surface area (Å²) in [5.41, 5.74) is 1.03. The summed E-state index contributed by atoms with van der Waals surface area (Å²) in [5.74, 6) is 0.405. The maximum Gasteiger partial charge on any atom is 0.120 e. The van der Waals surface area contributed by atoms with E-state index in [2.05, 4.69) is 17.4 Å². The van der Waals surface area contributed by atoms with Crippen molar-refractivity contribution >= 4 is 10.8 Å². The van der Waals surface area contributed by atoms with E-state index in [0.29, 0.717) is 11.8 Å². The number of aromatic hydroxyl groups is 1. The van der Waals surface area contributed by atoms with Crippen LogP contribution >= 0.6 is 0 Å². The topological polar surface area (TPSA) is 32.3 Å². The lowest BCUT2D eigenvalue weighted by Crippen LogP contribution is -2.30. The average molecular weight is 255 g/mol. The summed E-state index contributed by atoms with van der Waals surface area (Å²) in [6.07, 6.45) is 6.58. The average Bonchev–Trinajstić information content (AvgIpc) is 2.47. The van der Waals surface area contributed by atoms with Crippen molar-refractivity contribution in [2.45, 2.75) is 44.7 Å². The van der Waals surface area contributed by atoms with Crippen molar-refractivity contribution < 1.29 is 5.11 Å². The van der Waals surface area contributed by atoms with E-state index in [1.54, 1.807) is 6.07 Å². The zero-order chi connectivity index (χ0) is 13.1. The van der Waals surface area contributed by atoms with Gasteiger partial charge in [0.05, 0.1) is 0 Å². The zero-order valence-corrected chi connectivity index (χ0v) is 11.2. The van der Waals surface area contributed by atoms with Gasteiger partial charge in [0.25, 0.3) is 0 Å². The molecule has 0 bridgehead atoms. The third-order valence-electron chi connectivity index (χ3n) is 4.19.